The number of carbonyl (C=O) groups excluding carboxylic acids is 1. The second kappa shape index (κ2) is 7.32. The number of hydrogen-bond acceptors (Lipinski definition) is 6. The Morgan fingerprint density at radius 1 is 1.27 bits per heavy atom. The number of rotatable bonds is 5. The largest absolute Gasteiger partial charge is 0.424 e. The van der Waals surface area contributed by atoms with Crippen LogP contribution in [0.2, 0.25) is 0 Å². The number of ether oxygens (including phenoxy) is 1. The predicted octanol–water partition coefficient (Wildman–Crippen LogP) is 3.59. The topological polar surface area (TPSA) is 110 Å². The average Bonchev–Trinajstić information content (AvgIpc) is 3.44. The molecule has 7 heteroatoms. The first-order valence-electron chi connectivity index (χ1n) is 10.1. The predicted molar refractivity (Wildman–Crippen MR) is 114 cm³/mol. The van der Waals surface area contributed by atoms with Crippen LogP contribution >= 0.6 is 0 Å². The van der Waals surface area contributed by atoms with Crippen molar-refractivity contribution in [2.45, 2.75) is 51.8 Å². The first kappa shape index (κ1) is 20.2. The van der Waals surface area contributed by atoms with E-state index in [9.17, 15) is 9.90 Å². The van der Waals surface area contributed by atoms with Crippen LogP contribution in [0.15, 0.2) is 36.5 Å². The number of aliphatic hydroxyl groups is 1. The third kappa shape index (κ3) is 3.73. The minimum absolute atomic E-state index is 0.0563. The Bertz CT molecular complexity index is 1020. The normalized spacial score (nSPS) is 16.9. The van der Waals surface area contributed by atoms with Crippen LogP contribution in [-0.4, -0.2) is 44.3 Å². The van der Waals surface area contributed by atoms with Gasteiger partial charge in [-0.25, -0.2) is 0 Å². The molecule has 0 bridgehead atoms. The van der Waals surface area contributed by atoms with Crippen molar-refractivity contribution in [3.63, 3.8) is 0 Å². The van der Waals surface area contributed by atoms with Gasteiger partial charge >= 0.3 is 0 Å². The van der Waals surface area contributed by atoms with Crippen LogP contribution < -0.4 is 0 Å². The number of nitrogens with one attached hydrogen (secondary N) is 2. The molecule has 2 aromatic rings. The van der Waals surface area contributed by atoms with Crippen molar-refractivity contribution in [1.82, 2.24) is 9.88 Å². The summed E-state index contributed by atoms with van der Waals surface area (Å²) in [6, 6.07) is 9.05. The van der Waals surface area contributed by atoms with Crippen LogP contribution in [0.1, 0.15) is 55.2 Å². The molecule has 30 heavy (non-hydrogen) atoms. The molecule has 1 aromatic heterocycles. The van der Waals surface area contributed by atoms with E-state index in [0.717, 1.165) is 29.5 Å². The Labute approximate surface area is 175 Å². The minimum atomic E-state index is -0.963. The zero-order valence-corrected chi connectivity index (χ0v) is 17.4. The van der Waals surface area contributed by atoms with Crippen molar-refractivity contribution in [2.75, 3.05) is 0 Å². The molecule has 1 unspecified atom stereocenters. The fraction of sp³-hybridized carbons (Fsp3) is 0.391. The van der Waals surface area contributed by atoms with Gasteiger partial charge in [-0.2, -0.15) is 0 Å². The van der Waals surface area contributed by atoms with E-state index in [0.29, 0.717) is 23.7 Å². The van der Waals surface area contributed by atoms with Gasteiger partial charge in [-0.3, -0.25) is 20.6 Å². The van der Waals surface area contributed by atoms with E-state index in [1.807, 2.05) is 23.1 Å². The van der Waals surface area contributed by atoms with Crippen LogP contribution in [-0.2, 0) is 11.3 Å². The molecule has 1 aromatic carbocycles. The number of benzene rings is 1. The fourth-order valence-corrected chi connectivity index (χ4v) is 4.37. The van der Waals surface area contributed by atoms with Gasteiger partial charge < -0.3 is 14.7 Å². The third-order valence-corrected chi connectivity index (χ3v) is 5.66. The second-order valence-corrected chi connectivity index (χ2v) is 8.63. The lowest BCUT2D eigenvalue weighted by molar-refractivity contribution is -0.0224. The average molecular weight is 406 g/mol. The summed E-state index contributed by atoms with van der Waals surface area (Å²) in [7, 11) is 0. The lowest BCUT2D eigenvalue weighted by Crippen LogP contribution is -2.51. The highest BCUT2D eigenvalue weighted by atomic mass is 16.5. The number of fused-ring (bicyclic) bond motifs is 1. The van der Waals surface area contributed by atoms with Gasteiger partial charge in [0.2, 0.25) is 5.90 Å². The molecule has 7 nitrogen and oxygen atoms in total. The Morgan fingerprint density at radius 2 is 2.00 bits per heavy atom. The summed E-state index contributed by atoms with van der Waals surface area (Å²) < 4.78 is 4.99. The molecule has 3 N–H and O–H groups in total. The molecule has 2 aliphatic rings. The zero-order valence-electron chi connectivity index (χ0n) is 17.4. The lowest BCUT2D eigenvalue weighted by Gasteiger charge is -2.37. The number of aromatic nitrogens is 1. The van der Waals surface area contributed by atoms with Gasteiger partial charge in [0.25, 0.3) is 5.91 Å². The molecule has 1 aliphatic carbocycles. The van der Waals surface area contributed by atoms with E-state index in [-0.39, 0.29) is 23.7 Å². The third-order valence-electron chi connectivity index (χ3n) is 5.66. The van der Waals surface area contributed by atoms with Crippen molar-refractivity contribution in [1.29, 1.82) is 10.8 Å². The standard InChI is InChI=1S/C23H26N4O3/c1-13(24)30-21(25)18-10-9-15(11-26-18)17-6-4-5-16-12-27(22(28)19(16)17)20(14-7-8-14)23(2,3)29/h4-6,9-11,14,20,24-25,29H,7-8,12H2,1-3H3. The van der Waals surface area contributed by atoms with Crippen LogP contribution in [0, 0.1) is 16.7 Å². The first-order valence-corrected chi connectivity index (χ1v) is 10.1. The van der Waals surface area contributed by atoms with Crippen molar-refractivity contribution in [2.24, 2.45) is 5.92 Å². The maximum Gasteiger partial charge on any atom is 0.255 e. The monoisotopic (exact) mass is 406 g/mol. The van der Waals surface area contributed by atoms with Crippen LogP contribution in [0.25, 0.3) is 11.1 Å². The maximum atomic E-state index is 13.4. The Morgan fingerprint density at radius 3 is 2.57 bits per heavy atom. The highest BCUT2D eigenvalue weighted by Gasteiger charge is 2.48. The molecule has 1 aliphatic heterocycles. The summed E-state index contributed by atoms with van der Waals surface area (Å²) in [4.78, 5) is 19.5. The van der Waals surface area contributed by atoms with Crippen LogP contribution in [0.5, 0.6) is 0 Å². The Hall–Kier alpha value is -3.06. The highest BCUT2D eigenvalue weighted by molar-refractivity contribution is 6.05. The number of hydrogen-bond donors (Lipinski definition) is 3. The van der Waals surface area contributed by atoms with Gasteiger partial charge in [0.05, 0.1) is 17.2 Å². The summed E-state index contributed by atoms with van der Waals surface area (Å²) in [6.45, 7) is 5.51. The van der Waals surface area contributed by atoms with Crippen LogP contribution in [0.3, 0.4) is 0 Å². The van der Waals surface area contributed by atoms with Gasteiger partial charge in [-0.05, 0) is 49.8 Å². The van der Waals surface area contributed by atoms with Gasteiger partial charge in [-0.1, -0.05) is 24.3 Å². The summed E-state index contributed by atoms with van der Waals surface area (Å²) in [6.07, 6.45) is 3.69. The number of amides is 1. The van der Waals surface area contributed by atoms with Gasteiger partial charge in [-0.15, -0.1) is 0 Å². The first-order chi connectivity index (χ1) is 14.2. The number of nitrogens with zero attached hydrogens (tertiary/aromatic N) is 2. The molecule has 156 valence electrons. The van der Waals surface area contributed by atoms with Gasteiger partial charge in [0.15, 0.2) is 5.90 Å². The summed E-state index contributed by atoms with van der Waals surface area (Å²) in [5.74, 6) is 0.0247. The molecule has 1 fully saturated rings. The molecular formula is C23H26N4O3. The molecule has 0 radical (unpaired) electrons. The van der Waals surface area contributed by atoms with E-state index in [1.54, 1.807) is 32.2 Å². The molecular weight excluding hydrogens is 380 g/mol. The molecule has 1 saturated carbocycles. The summed E-state index contributed by atoms with van der Waals surface area (Å²) in [5, 5.41) is 25.9. The highest BCUT2D eigenvalue weighted by Crippen LogP contribution is 2.44. The molecule has 2 heterocycles. The number of pyridine rings is 1. The van der Waals surface area contributed by atoms with E-state index in [4.69, 9.17) is 15.6 Å². The molecule has 1 amide bonds. The van der Waals surface area contributed by atoms with Crippen molar-refractivity contribution in [3.05, 3.63) is 53.3 Å². The molecule has 0 saturated heterocycles. The lowest BCUT2D eigenvalue weighted by atomic mass is 9.93. The van der Waals surface area contributed by atoms with E-state index in [1.165, 1.54) is 6.92 Å². The fourth-order valence-electron chi connectivity index (χ4n) is 4.37. The second-order valence-electron chi connectivity index (χ2n) is 8.63. The summed E-state index contributed by atoms with van der Waals surface area (Å²) >= 11 is 0. The SMILES string of the molecule is CC(=N)OC(=N)c1ccc(-c2cccc3c2C(=O)N(C(C2CC2)C(C)(C)O)C3)cn1. The van der Waals surface area contributed by atoms with Crippen molar-refractivity contribution in [3.8, 4) is 11.1 Å². The molecule has 1 atom stereocenters. The molecule has 0 spiro atoms. The smallest absolute Gasteiger partial charge is 0.255 e. The van der Waals surface area contributed by atoms with Crippen LogP contribution in [0.4, 0.5) is 0 Å². The van der Waals surface area contributed by atoms with Gasteiger partial charge in [0.1, 0.15) is 5.69 Å². The zero-order chi connectivity index (χ0) is 21.6. The van der Waals surface area contributed by atoms with Crippen molar-refractivity contribution < 1.29 is 14.6 Å². The Kier molecular flexibility index (Phi) is 4.94. The Balaban J connectivity index is 1.65. The summed E-state index contributed by atoms with van der Waals surface area (Å²) in [5.41, 5.74) is 2.53. The minimum Gasteiger partial charge on any atom is -0.424 e. The van der Waals surface area contributed by atoms with E-state index < -0.39 is 5.60 Å². The maximum absolute atomic E-state index is 13.4. The van der Waals surface area contributed by atoms with Crippen molar-refractivity contribution >= 4 is 17.7 Å². The quantitative estimate of drug-likeness (QED) is 0.520. The van der Waals surface area contributed by atoms with E-state index >= 15 is 0 Å². The number of carbonyl (C=O) groups is 1. The van der Waals surface area contributed by atoms with E-state index in [2.05, 4.69) is 4.98 Å². The van der Waals surface area contributed by atoms with Gasteiger partial charge in [0, 0.05) is 25.2 Å². The molecule has 4 rings (SSSR count).